The van der Waals surface area contributed by atoms with Crippen LogP contribution in [0.2, 0.25) is 0 Å². The predicted molar refractivity (Wildman–Crippen MR) is 70.3 cm³/mol. The minimum atomic E-state index is -0.785. The molecule has 0 spiro atoms. The maximum atomic E-state index is 12.3. The smallest absolute Gasteiger partial charge is 0.313 e. The lowest BCUT2D eigenvalue weighted by atomic mass is 9.57. The van der Waals surface area contributed by atoms with E-state index in [0.717, 1.165) is 19.3 Å². The zero-order valence-electron chi connectivity index (χ0n) is 11.9. The molecule has 1 saturated carbocycles. The van der Waals surface area contributed by atoms with Gasteiger partial charge < -0.3 is 9.47 Å². The normalized spacial score (nSPS) is 33.9. The fourth-order valence-corrected chi connectivity index (χ4v) is 3.71. The minimum Gasteiger partial charge on any atom is -0.469 e. The standard InChI is InChI=1S/C15H22O4/c1-15(14(17)19-3)11-7-5-4-6-10(11)8-9-12(15)13(16)18-2/h8,11-12H,4-7,9H2,1-3H3/t11?,12-,15-/m0/s1. The highest BCUT2D eigenvalue weighted by atomic mass is 16.5. The number of fused-ring (bicyclic) bond motifs is 1. The Morgan fingerprint density at radius 1 is 1.26 bits per heavy atom. The molecule has 0 amide bonds. The number of hydrogen-bond donors (Lipinski definition) is 0. The molecular formula is C15H22O4. The first-order chi connectivity index (χ1) is 9.05. The first-order valence-corrected chi connectivity index (χ1v) is 6.90. The molecule has 106 valence electrons. The molecule has 19 heavy (non-hydrogen) atoms. The van der Waals surface area contributed by atoms with E-state index in [1.807, 2.05) is 6.92 Å². The van der Waals surface area contributed by atoms with Gasteiger partial charge in [-0.2, -0.15) is 0 Å². The minimum absolute atomic E-state index is 0.117. The van der Waals surface area contributed by atoms with E-state index in [1.54, 1.807) is 0 Å². The summed E-state index contributed by atoms with van der Waals surface area (Å²) < 4.78 is 9.88. The highest BCUT2D eigenvalue weighted by Crippen LogP contribution is 2.51. The van der Waals surface area contributed by atoms with Crippen LogP contribution in [0, 0.1) is 17.3 Å². The maximum absolute atomic E-state index is 12.3. The molecule has 4 heteroatoms. The average molecular weight is 266 g/mol. The topological polar surface area (TPSA) is 52.6 Å². The van der Waals surface area contributed by atoms with Crippen molar-refractivity contribution in [3.05, 3.63) is 11.6 Å². The van der Waals surface area contributed by atoms with E-state index in [-0.39, 0.29) is 17.9 Å². The Morgan fingerprint density at radius 3 is 2.63 bits per heavy atom. The van der Waals surface area contributed by atoms with Gasteiger partial charge in [-0.05, 0) is 38.5 Å². The molecular weight excluding hydrogens is 244 g/mol. The highest BCUT2D eigenvalue weighted by Gasteiger charge is 2.54. The lowest BCUT2D eigenvalue weighted by Gasteiger charge is -2.45. The summed E-state index contributed by atoms with van der Waals surface area (Å²) in [5.74, 6) is -0.919. The van der Waals surface area contributed by atoms with Crippen LogP contribution in [0.3, 0.4) is 0 Å². The lowest BCUT2D eigenvalue weighted by molar-refractivity contribution is -0.170. The molecule has 0 aromatic heterocycles. The summed E-state index contributed by atoms with van der Waals surface area (Å²) in [6, 6.07) is 0. The number of hydrogen-bond acceptors (Lipinski definition) is 4. The molecule has 1 unspecified atom stereocenters. The SMILES string of the molecule is COC(=O)[C@@H]1CC=C2CCCCC2[C@]1(C)C(=O)OC. The summed E-state index contributed by atoms with van der Waals surface area (Å²) in [4.78, 5) is 24.3. The number of methoxy groups -OCH3 is 2. The number of carbonyl (C=O) groups is 2. The Bertz CT molecular complexity index is 412. The van der Waals surface area contributed by atoms with Crippen molar-refractivity contribution in [2.45, 2.75) is 39.0 Å². The van der Waals surface area contributed by atoms with Gasteiger partial charge in [0.25, 0.3) is 0 Å². The Morgan fingerprint density at radius 2 is 2.00 bits per heavy atom. The number of esters is 2. The van der Waals surface area contributed by atoms with Crippen molar-refractivity contribution >= 4 is 11.9 Å². The van der Waals surface area contributed by atoms with Crippen LogP contribution < -0.4 is 0 Å². The first kappa shape index (κ1) is 14.1. The van der Waals surface area contributed by atoms with E-state index < -0.39 is 11.3 Å². The van der Waals surface area contributed by atoms with E-state index in [1.165, 1.54) is 26.2 Å². The quantitative estimate of drug-likeness (QED) is 0.569. The van der Waals surface area contributed by atoms with Crippen molar-refractivity contribution in [1.82, 2.24) is 0 Å². The molecule has 3 atom stereocenters. The van der Waals surface area contributed by atoms with E-state index in [0.29, 0.717) is 6.42 Å². The molecule has 1 fully saturated rings. The molecule has 0 N–H and O–H groups in total. The Balaban J connectivity index is 2.42. The lowest BCUT2D eigenvalue weighted by Crippen LogP contribution is -2.50. The van der Waals surface area contributed by atoms with Crippen LogP contribution in [0.5, 0.6) is 0 Å². The van der Waals surface area contributed by atoms with Gasteiger partial charge in [-0.25, -0.2) is 0 Å². The van der Waals surface area contributed by atoms with Crippen molar-refractivity contribution in [2.75, 3.05) is 14.2 Å². The van der Waals surface area contributed by atoms with Crippen LogP contribution in [0.25, 0.3) is 0 Å². The summed E-state index contributed by atoms with van der Waals surface area (Å²) in [7, 11) is 2.77. The number of carbonyl (C=O) groups excluding carboxylic acids is 2. The largest absolute Gasteiger partial charge is 0.469 e. The molecule has 0 aromatic rings. The van der Waals surface area contributed by atoms with Crippen molar-refractivity contribution in [1.29, 1.82) is 0 Å². The van der Waals surface area contributed by atoms with Gasteiger partial charge in [0.2, 0.25) is 0 Å². The molecule has 2 aliphatic carbocycles. The summed E-state index contributed by atoms with van der Waals surface area (Å²) in [6.45, 7) is 1.86. The van der Waals surface area contributed by atoms with Gasteiger partial charge in [0.1, 0.15) is 0 Å². The van der Waals surface area contributed by atoms with E-state index in [4.69, 9.17) is 9.47 Å². The van der Waals surface area contributed by atoms with Crippen LogP contribution in [-0.2, 0) is 19.1 Å². The molecule has 0 saturated heterocycles. The molecule has 0 aliphatic heterocycles. The summed E-state index contributed by atoms with van der Waals surface area (Å²) >= 11 is 0. The molecule has 0 heterocycles. The average Bonchev–Trinajstić information content (AvgIpc) is 2.46. The Hall–Kier alpha value is -1.32. The van der Waals surface area contributed by atoms with E-state index in [2.05, 4.69) is 6.08 Å². The summed E-state index contributed by atoms with van der Waals surface area (Å²) in [5, 5.41) is 0. The van der Waals surface area contributed by atoms with Crippen molar-refractivity contribution in [2.24, 2.45) is 17.3 Å². The van der Waals surface area contributed by atoms with Crippen LogP contribution in [0.15, 0.2) is 11.6 Å². The van der Waals surface area contributed by atoms with Crippen LogP contribution >= 0.6 is 0 Å². The van der Waals surface area contributed by atoms with Gasteiger partial charge in [0, 0.05) is 0 Å². The van der Waals surface area contributed by atoms with E-state index >= 15 is 0 Å². The van der Waals surface area contributed by atoms with Crippen molar-refractivity contribution < 1.29 is 19.1 Å². The molecule has 0 bridgehead atoms. The molecule has 4 nitrogen and oxygen atoms in total. The maximum Gasteiger partial charge on any atom is 0.313 e. The van der Waals surface area contributed by atoms with Gasteiger partial charge in [0.05, 0.1) is 25.6 Å². The monoisotopic (exact) mass is 266 g/mol. The fraction of sp³-hybridized carbons (Fsp3) is 0.733. The number of rotatable bonds is 2. The second kappa shape index (κ2) is 5.35. The van der Waals surface area contributed by atoms with Gasteiger partial charge >= 0.3 is 11.9 Å². The third kappa shape index (κ3) is 2.17. The van der Waals surface area contributed by atoms with Crippen LogP contribution in [-0.4, -0.2) is 26.2 Å². The first-order valence-electron chi connectivity index (χ1n) is 6.90. The zero-order valence-corrected chi connectivity index (χ0v) is 11.9. The molecule has 0 aromatic carbocycles. The van der Waals surface area contributed by atoms with Gasteiger partial charge in [-0.1, -0.05) is 18.1 Å². The van der Waals surface area contributed by atoms with Crippen molar-refractivity contribution in [3.63, 3.8) is 0 Å². The Kier molecular flexibility index (Phi) is 3.97. The van der Waals surface area contributed by atoms with Gasteiger partial charge in [-0.3, -0.25) is 9.59 Å². The second-order valence-electron chi connectivity index (χ2n) is 5.66. The summed E-state index contributed by atoms with van der Waals surface area (Å²) in [5.41, 5.74) is 0.533. The molecule has 0 radical (unpaired) electrons. The fourth-order valence-electron chi connectivity index (χ4n) is 3.71. The summed E-state index contributed by atoms with van der Waals surface area (Å²) in [6.07, 6.45) is 6.96. The number of allylic oxidation sites excluding steroid dienone is 2. The van der Waals surface area contributed by atoms with Gasteiger partial charge in [0.15, 0.2) is 0 Å². The Labute approximate surface area is 114 Å². The molecule has 2 rings (SSSR count). The third-order valence-corrected chi connectivity index (χ3v) is 4.83. The van der Waals surface area contributed by atoms with E-state index in [9.17, 15) is 9.59 Å². The van der Waals surface area contributed by atoms with Crippen LogP contribution in [0.4, 0.5) is 0 Å². The van der Waals surface area contributed by atoms with Gasteiger partial charge in [-0.15, -0.1) is 0 Å². The third-order valence-electron chi connectivity index (χ3n) is 4.83. The number of ether oxygens (including phenoxy) is 2. The second-order valence-corrected chi connectivity index (χ2v) is 5.66. The predicted octanol–water partition coefficient (Wildman–Crippen LogP) is 2.48. The molecule has 2 aliphatic rings. The highest BCUT2D eigenvalue weighted by molar-refractivity contribution is 5.86. The van der Waals surface area contributed by atoms with Crippen molar-refractivity contribution in [3.8, 4) is 0 Å². The van der Waals surface area contributed by atoms with Crippen LogP contribution in [0.1, 0.15) is 39.0 Å². The zero-order chi connectivity index (χ0) is 14.0.